The monoisotopic (exact) mass is 491 g/mol. The van der Waals surface area contributed by atoms with Crippen LogP contribution in [0.5, 0.6) is 11.5 Å². The third-order valence-electron chi connectivity index (χ3n) is 7.04. The number of Topliss-reactive ketones (excluding diaryl/α,β-unsaturated/α-hetero) is 2. The molecule has 0 radical (unpaired) electrons. The van der Waals surface area contributed by atoms with Crippen LogP contribution < -0.4 is 4.74 Å². The second-order valence-electron chi connectivity index (χ2n) is 9.19. The number of piperazine rings is 1. The zero-order valence-corrected chi connectivity index (χ0v) is 20.3. The van der Waals surface area contributed by atoms with Gasteiger partial charge in [-0.25, -0.2) is 4.99 Å². The highest BCUT2D eigenvalue weighted by atomic mass is 35.5. The molecule has 0 N–H and O–H groups in total. The molecule has 180 valence electrons. The van der Waals surface area contributed by atoms with Crippen LogP contribution in [0.3, 0.4) is 0 Å². The summed E-state index contributed by atoms with van der Waals surface area (Å²) in [7, 11) is 0. The summed E-state index contributed by atoms with van der Waals surface area (Å²) >= 11 is 6.32. The average molecular weight is 492 g/mol. The highest BCUT2D eigenvalue weighted by molar-refractivity contribution is 6.31. The first-order valence-corrected chi connectivity index (χ1v) is 12.1. The molecule has 5 rings (SSSR count). The normalized spacial score (nSPS) is 22.1. The molecule has 1 atom stereocenters. The molecule has 1 unspecified atom stereocenters. The molecule has 2 aromatic rings. The van der Waals surface area contributed by atoms with Crippen LogP contribution in [0.2, 0.25) is 5.02 Å². The lowest BCUT2D eigenvalue weighted by atomic mass is 9.68. The van der Waals surface area contributed by atoms with E-state index in [2.05, 4.69) is 11.5 Å². The number of carbonyl (C=O) groups excluding carboxylic acids is 3. The van der Waals surface area contributed by atoms with E-state index >= 15 is 0 Å². The summed E-state index contributed by atoms with van der Waals surface area (Å²) in [6.07, 6.45) is 0.266. The Labute approximate surface area is 209 Å². The molecule has 0 aromatic heterocycles. The van der Waals surface area contributed by atoms with Crippen LogP contribution in [0.1, 0.15) is 31.7 Å². The predicted octanol–water partition coefficient (Wildman–Crippen LogP) is 4.55. The number of aliphatic imine (C=N–C) groups is 1. The van der Waals surface area contributed by atoms with Crippen molar-refractivity contribution in [2.45, 2.75) is 26.2 Å². The van der Waals surface area contributed by atoms with Crippen LogP contribution in [0.15, 0.2) is 59.6 Å². The zero-order chi connectivity index (χ0) is 24.7. The largest absolute Gasteiger partial charge is 0.454 e. The molecule has 8 heteroatoms. The van der Waals surface area contributed by atoms with Gasteiger partial charge in [0.05, 0.1) is 5.56 Å². The van der Waals surface area contributed by atoms with Gasteiger partial charge in [-0.05, 0) is 42.3 Å². The van der Waals surface area contributed by atoms with Crippen LogP contribution in [0.4, 0.5) is 5.69 Å². The van der Waals surface area contributed by atoms with E-state index in [1.54, 1.807) is 17.9 Å². The van der Waals surface area contributed by atoms with Gasteiger partial charge in [-0.15, -0.1) is 0 Å². The molecule has 2 heterocycles. The van der Waals surface area contributed by atoms with Gasteiger partial charge in [-0.2, -0.15) is 0 Å². The lowest BCUT2D eigenvalue weighted by molar-refractivity contribution is -0.154. The van der Waals surface area contributed by atoms with Gasteiger partial charge >= 0.3 is 0 Å². The highest BCUT2D eigenvalue weighted by Gasteiger charge is 2.51. The van der Waals surface area contributed by atoms with Crippen molar-refractivity contribution in [1.29, 1.82) is 0 Å². The lowest BCUT2D eigenvalue weighted by Gasteiger charge is -2.42. The number of hydrogen-bond donors (Lipinski definition) is 0. The summed E-state index contributed by atoms with van der Waals surface area (Å²) in [4.78, 5) is 47.6. The van der Waals surface area contributed by atoms with Crippen molar-refractivity contribution in [1.82, 2.24) is 9.80 Å². The number of benzene rings is 2. The number of amides is 1. The summed E-state index contributed by atoms with van der Waals surface area (Å²) in [6, 6.07) is 13.0. The molecule has 35 heavy (non-hydrogen) atoms. The molecule has 1 amide bonds. The molecule has 1 aliphatic carbocycles. The van der Waals surface area contributed by atoms with Crippen LogP contribution in [0, 0.1) is 5.41 Å². The Balaban J connectivity index is 1.41. The van der Waals surface area contributed by atoms with Gasteiger partial charge in [-0.3, -0.25) is 14.4 Å². The molecule has 2 aliphatic heterocycles. The molecule has 3 aliphatic rings. The van der Waals surface area contributed by atoms with Crippen molar-refractivity contribution in [3.8, 4) is 11.5 Å². The van der Waals surface area contributed by atoms with E-state index in [0.29, 0.717) is 48.4 Å². The summed E-state index contributed by atoms with van der Waals surface area (Å²) in [6.45, 7) is 7.39. The molecule has 0 bridgehead atoms. The minimum absolute atomic E-state index is 0.0347. The van der Waals surface area contributed by atoms with E-state index in [9.17, 15) is 14.4 Å². The summed E-state index contributed by atoms with van der Waals surface area (Å²) in [5.74, 6) is 1.36. The van der Waals surface area contributed by atoms with Gasteiger partial charge in [0.25, 0.3) is 0 Å². The van der Waals surface area contributed by atoms with Crippen molar-refractivity contribution < 1.29 is 19.1 Å². The first-order chi connectivity index (χ1) is 16.8. The Morgan fingerprint density at radius 1 is 1.11 bits per heavy atom. The van der Waals surface area contributed by atoms with Crippen LogP contribution in [0.25, 0.3) is 0 Å². The smallest absolute Gasteiger partial charge is 0.237 e. The Kier molecular flexibility index (Phi) is 5.97. The maximum absolute atomic E-state index is 13.6. The first-order valence-electron chi connectivity index (χ1n) is 11.8. The van der Waals surface area contributed by atoms with Crippen molar-refractivity contribution in [3.63, 3.8) is 0 Å². The third-order valence-corrected chi connectivity index (χ3v) is 7.27. The van der Waals surface area contributed by atoms with Crippen molar-refractivity contribution in [2.24, 2.45) is 10.4 Å². The number of fused-ring (bicyclic) bond motifs is 2. The van der Waals surface area contributed by atoms with E-state index in [-0.39, 0.29) is 42.3 Å². The molecule has 0 spiro atoms. The number of hydrogen-bond acceptors (Lipinski definition) is 6. The number of allylic oxidation sites excluding steroid dienone is 1. The fraction of sp³-hybridized carbons (Fsp3) is 0.333. The quantitative estimate of drug-likeness (QED) is 0.454. The Bertz CT molecular complexity index is 1280. The molecular formula is C27H26ClN3O4. The highest BCUT2D eigenvalue weighted by Crippen LogP contribution is 2.40. The number of para-hydroxylation sites is 2. The summed E-state index contributed by atoms with van der Waals surface area (Å²) in [5.41, 5.74) is 0.391. The maximum atomic E-state index is 13.6. The van der Waals surface area contributed by atoms with Crippen LogP contribution in [-0.2, 0) is 14.4 Å². The Morgan fingerprint density at radius 2 is 1.86 bits per heavy atom. The Hall–Kier alpha value is -3.45. The van der Waals surface area contributed by atoms with E-state index in [4.69, 9.17) is 21.3 Å². The van der Waals surface area contributed by atoms with E-state index < -0.39 is 5.41 Å². The second kappa shape index (κ2) is 8.96. The average Bonchev–Trinajstić information content (AvgIpc) is 3.02. The molecular weight excluding hydrogens is 466 g/mol. The number of ketones is 2. The summed E-state index contributed by atoms with van der Waals surface area (Å²) in [5, 5.41) is 0.574. The van der Waals surface area contributed by atoms with Gasteiger partial charge in [0, 0.05) is 44.0 Å². The number of nitrogens with zero attached hydrogens (tertiary/aromatic N) is 3. The molecule has 7 nitrogen and oxygen atoms in total. The number of amidine groups is 1. The van der Waals surface area contributed by atoms with Gasteiger partial charge in [0.15, 0.2) is 11.5 Å². The standard InChI is InChI=1S/C27H26ClN3O4/c1-3-27(16-19(32)14-17(2)24(27)33)26(34)31-12-10-30(11-13-31)25-20-15-18(28)8-9-22(20)35-23-7-5-4-6-21(23)29-25/h4-9,15H,2-3,10-14,16H2,1H3. The predicted molar refractivity (Wildman–Crippen MR) is 133 cm³/mol. The minimum atomic E-state index is -1.33. The van der Waals surface area contributed by atoms with Gasteiger partial charge in [0.2, 0.25) is 5.91 Å². The van der Waals surface area contributed by atoms with Crippen molar-refractivity contribution in [3.05, 3.63) is 65.2 Å². The second-order valence-corrected chi connectivity index (χ2v) is 9.62. The SMILES string of the molecule is C=C1CC(=O)CC(CC)(C(=O)N2CCN(C3=Nc4ccccc4Oc4ccc(Cl)cc43)CC2)C1=O. The fourth-order valence-corrected chi connectivity index (χ4v) is 5.28. The molecule has 1 saturated carbocycles. The van der Waals surface area contributed by atoms with Gasteiger partial charge in [0.1, 0.15) is 28.5 Å². The number of halogens is 1. The number of ether oxygens (including phenoxy) is 1. The van der Waals surface area contributed by atoms with Crippen LogP contribution >= 0.6 is 11.6 Å². The lowest BCUT2D eigenvalue weighted by Crippen LogP contribution is -2.57. The van der Waals surface area contributed by atoms with E-state index in [1.807, 2.05) is 36.4 Å². The minimum Gasteiger partial charge on any atom is -0.454 e. The summed E-state index contributed by atoms with van der Waals surface area (Å²) < 4.78 is 6.13. The Morgan fingerprint density at radius 3 is 2.60 bits per heavy atom. The van der Waals surface area contributed by atoms with Crippen molar-refractivity contribution >= 4 is 40.6 Å². The molecule has 2 fully saturated rings. The van der Waals surface area contributed by atoms with E-state index in [1.165, 1.54) is 0 Å². The topological polar surface area (TPSA) is 79.3 Å². The van der Waals surface area contributed by atoms with Gasteiger partial charge < -0.3 is 14.5 Å². The van der Waals surface area contributed by atoms with Crippen molar-refractivity contribution in [2.75, 3.05) is 26.2 Å². The maximum Gasteiger partial charge on any atom is 0.237 e. The van der Waals surface area contributed by atoms with Crippen LogP contribution in [-0.4, -0.2) is 59.3 Å². The van der Waals surface area contributed by atoms with Gasteiger partial charge in [-0.1, -0.05) is 37.2 Å². The van der Waals surface area contributed by atoms with E-state index in [0.717, 1.165) is 11.4 Å². The fourth-order valence-electron chi connectivity index (χ4n) is 5.11. The number of rotatable bonds is 2. The first kappa shape index (κ1) is 23.3. The molecule has 2 aromatic carbocycles. The molecule has 1 saturated heterocycles. The zero-order valence-electron chi connectivity index (χ0n) is 19.6. The number of carbonyl (C=O) groups is 3. The third kappa shape index (κ3) is 4.04.